The number of aryl methyl sites for hydroxylation is 2. The first-order chi connectivity index (χ1) is 10.7. The zero-order valence-electron chi connectivity index (χ0n) is 12.8. The van der Waals surface area contributed by atoms with Crippen LogP contribution in [0, 0.1) is 6.92 Å². The maximum atomic E-state index is 5.71. The van der Waals surface area contributed by atoms with E-state index in [1.54, 1.807) is 11.3 Å². The molecule has 3 nitrogen and oxygen atoms in total. The van der Waals surface area contributed by atoms with Gasteiger partial charge in [-0.3, -0.25) is 0 Å². The van der Waals surface area contributed by atoms with Crippen LogP contribution < -0.4 is 11.1 Å². The van der Waals surface area contributed by atoms with Crippen LogP contribution in [0.3, 0.4) is 0 Å². The second-order valence-electron chi connectivity index (χ2n) is 5.22. The minimum atomic E-state index is 0.762. The number of benzene rings is 2. The van der Waals surface area contributed by atoms with Gasteiger partial charge in [0.05, 0.1) is 5.69 Å². The summed E-state index contributed by atoms with van der Waals surface area (Å²) in [7, 11) is 0. The largest absolute Gasteiger partial charge is 0.399 e. The lowest BCUT2D eigenvalue weighted by Crippen LogP contribution is -1.91. The Morgan fingerprint density at radius 3 is 2.36 bits per heavy atom. The highest BCUT2D eigenvalue weighted by molar-refractivity contribution is 7.16. The second kappa shape index (κ2) is 6.20. The number of nitrogens with two attached hydrogens (primary N) is 1. The standard InChI is InChI=1S/C18H19N3S/c1-3-13-4-6-14(7-5-13)17-12(2)22-18(21-17)20-16-10-8-15(19)9-11-16/h4-11H,3,19H2,1-2H3,(H,20,21). The van der Waals surface area contributed by atoms with Crippen molar-refractivity contribution in [2.75, 3.05) is 11.1 Å². The van der Waals surface area contributed by atoms with Crippen molar-refractivity contribution in [2.24, 2.45) is 0 Å². The van der Waals surface area contributed by atoms with Crippen molar-refractivity contribution in [3.8, 4) is 11.3 Å². The Balaban J connectivity index is 1.85. The third-order valence-electron chi connectivity index (χ3n) is 3.59. The first-order valence-electron chi connectivity index (χ1n) is 7.35. The molecule has 0 saturated heterocycles. The summed E-state index contributed by atoms with van der Waals surface area (Å²) in [4.78, 5) is 5.94. The summed E-state index contributed by atoms with van der Waals surface area (Å²) >= 11 is 1.66. The lowest BCUT2D eigenvalue weighted by molar-refractivity contribution is 1.14. The number of hydrogen-bond acceptors (Lipinski definition) is 4. The average Bonchev–Trinajstić information content (AvgIpc) is 2.90. The number of anilines is 3. The predicted molar refractivity (Wildman–Crippen MR) is 95.8 cm³/mol. The lowest BCUT2D eigenvalue weighted by Gasteiger charge is -2.02. The third-order valence-corrected chi connectivity index (χ3v) is 4.48. The molecule has 3 rings (SSSR count). The molecule has 0 spiro atoms. The summed E-state index contributed by atoms with van der Waals surface area (Å²) < 4.78 is 0. The van der Waals surface area contributed by atoms with Crippen LogP contribution in [0.15, 0.2) is 48.5 Å². The minimum absolute atomic E-state index is 0.762. The first-order valence-corrected chi connectivity index (χ1v) is 8.16. The number of nitrogens with zero attached hydrogens (tertiary/aromatic N) is 1. The van der Waals surface area contributed by atoms with Gasteiger partial charge in [0.15, 0.2) is 5.13 Å². The van der Waals surface area contributed by atoms with Crippen LogP contribution >= 0.6 is 11.3 Å². The van der Waals surface area contributed by atoms with Crippen molar-refractivity contribution in [3.05, 3.63) is 59.0 Å². The fraction of sp³-hybridized carbons (Fsp3) is 0.167. The first kappa shape index (κ1) is 14.6. The van der Waals surface area contributed by atoms with Crippen LogP contribution in [0.1, 0.15) is 17.4 Å². The van der Waals surface area contributed by atoms with Gasteiger partial charge in [-0.25, -0.2) is 4.98 Å². The van der Waals surface area contributed by atoms with Gasteiger partial charge in [-0.1, -0.05) is 31.2 Å². The number of aromatic nitrogens is 1. The van der Waals surface area contributed by atoms with Crippen molar-refractivity contribution < 1.29 is 0 Å². The zero-order chi connectivity index (χ0) is 15.5. The van der Waals surface area contributed by atoms with Gasteiger partial charge in [0.25, 0.3) is 0 Å². The summed E-state index contributed by atoms with van der Waals surface area (Å²) in [5, 5.41) is 4.24. The molecule has 4 heteroatoms. The number of nitrogen functional groups attached to an aromatic ring is 1. The molecule has 0 saturated carbocycles. The Morgan fingerprint density at radius 1 is 1.05 bits per heavy atom. The Labute approximate surface area is 134 Å². The molecule has 0 aliphatic rings. The molecule has 22 heavy (non-hydrogen) atoms. The van der Waals surface area contributed by atoms with Gasteiger partial charge in [-0.2, -0.15) is 0 Å². The van der Waals surface area contributed by atoms with Gasteiger partial charge in [0.2, 0.25) is 0 Å². The van der Waals surface area contributed by atoms with Gasteiger partial charge < -0.3 is 11.1 Å². The number of thiazole rings is 1. The Morgan fingerprint density at radius 2 is 1.73 bits per heavy atom. The maximum absolute atomic E-state index is 5.71. The van der Waals surface area contributed by atoms with Crippen LogP contribution in [0.5, 0.6) is 0 Å². The number of hydrogen-bond donors (Lipinski definition) is 2. The number of nitrogens with one attached hydrogen (secondary N) is 1. The minimum Gasteiger partial charge on any atom is -0.399 e. The molecule has 0 aliphatic heterocycles. The third kappa shape index (κ3) is 3.12. The molecule has 2 aromatic carbocycles. The smallest absolute Gasteiger partial charge is 0.187 e. The average molecular weight is 309 g/mol. The Kier molecular flexibility index (Phi) is 4.11. The van der Waals surface area contributed by atoms with Crippen LogP contribution in [0.4, 0.5) is 16.5 Å². The van der Waals surface area contributed by atoms with E-state index in [-0.39, 0.29) is 0 Å². The molecular weight excluding hydrogens is 290 g/mol. The highest BCUT2D eigenvalue weighted by Gasteiger charge is 2.10. The summed E-state index contributed by atoms with van der Waals surface area (Å²) in [6.45, 7) is 4.27. The molecule has 1 heterocycles. The SMILES string of the molecule is CCc1ccc(-c2nc(Nc3ccc(N)cc3)sc2C)cc1. The van der Waals surface area contributed by atoms with E-state index in [1.165, 1.54) is 10.4 Å². The summed E-state index contributed by atoms with van der Waals surface area (Å²) in [5.41, 5.74) is 11.0. The van der Waals surface area contributed by atoms with Crippen molar-refractivity contribution in [1.29, 1.82) is 0 Å². The molecule has 112 valence electrons. The van der Waals surface area contributed by atoms with E-state index >= 15 is 0 Å². The fourth-order valence-corrected chi connectivity index (χ4v) is 3.16. The molecule has 0 radical (unpaired) electrons. The molecule has 0 unspecified atom stereocenters. The van der Waals surface area contributed by atoms with Crippen LogP contribution in [-0.4, -0.2) is 4.98 Å². The summed E-state index contributed by atoms with van der Waals surface area (Å²) in [6.07, 6.45) is 1.06. The fourth-order valence-electron chi connectivity index (χ4n) is 2.31. The lowest BCUT2D eigenvalue weighted by atomic mass is 10.1. The molecule has 0 amide bonds. The maximum Gasteiger partial charge on any atom is 0.187 e. The van der Waals surface area contributed by atoms with Crippen LogP contribution in [0.2, 0.25) is 0 Å². The van der Waals surface area contributed by atoms with E-state index < -0.39 is 0 Å². The van der Waals surface area contributed by atoms with E-state index in [9.17, 15) is 0 Å². The van der Waals surface area contributed by atoms with E-state index in [2.05, 4.69) is 43.4 Å². The van der Waals surface area contributed by atoms with Crippen LogP contribution in [0.25, 0.3) is 11.3 Å². The Bertz CT molecular complexity index is 758. The van der Waals surface area contributed by atoms with E-state index in [4.69, 9.17) is 10.7 Å². The van der Waals surface area contributed by atoms with Gasteiger partial charge in [0, 0.05) is 21.8 Å². The van der Waals surface area contributed by atoms with E-state index in [0.717, 1.165) is 34.2 Å². The Hall–Kier alpha value is -2.33. The highest BCUT2D eigenvalue weighted by atomic mass is 32.1. The van der Waals surface area contributed by atoms with E-state index in [0.29, 0.717) is 0 Å². The van der Waals surface area contributed by atoms with Gasteiger partial charge in [-0.15, -0.1) is 11.3 Å². The van der Waals surface area contributed by atoms with E-state index in [1.807, 2.05) is 24.3 Å². The van der Waals surface area contributed by atoms with Crippen molar-refractivity contribution >= 4 is 27.8 Å². The molecule has 3 N–H and O–H groups in total. The van der Waals surface area contributed by atoms with Gasteiger partial charge in [0.1, 0.15) is 0 Å². The van der Waals surface area contributed by atoms with Crippen molar-refractivity contribution in [3.63, 3.8) is 0 Å². The molecule has 3 aromatic rings. The highest BCUT2D eigenvalue weighted by Crippen LogP contribution is 2.32. The van der Waals surface area contributed by atoms with Crippen molar-refractivity contribution in [2.45, 2.75) is 20.3 Å². The van der Waals surface area contributed by atoms with Crippen LogP contribution in [-0.2, 0) is 6.42 Å². The predicted octanol–water partition coefficient (Wildman–Crippen LogP) is 5.01. The second-order valence-corrected chi connectivity index (χ2v) is 6.42. The number of rotatable bonds is 4. The zero-order valence-corrected chi connectivity index (χ0v) is 13.6. The molecular formula is C18H19N3S. The molecule has 1 aromatic heterocycles. The molecule has 0 bridgehead atoms. The topological polar surface area (TPSA) is 50.9 Å². The van der Waals surface area contributed by atoms with Gasteiger partial charge in [-0.05, 0) is 43.2 Å². The molecule has 0 aliphatic carbocycles. The summed E-state index contributed by atoms with van der Waals surface area (Å²) in [5.74, 6) is 0. The normalized spacial score (nSPS) is 10.6. The molecule has 0 fully saturated rings. The summed E-state index contributed by atoms with van der Waals surface area (Å²) in [6, 6.07) is 16.3. The van der Waals surface area contributed by atoms with Crippen molar-refractivity contribution in [1.82, 2.24) is 4.98 Å². The molecule has 0 atom stereocenters. The quantitative estimate of drug-likeness (QED) is 0.666. The monoisotopic (exact) mass is 309 g/mol. The van der Waals surface area contributed by atoms with Gasteiger partial charge >= 0.3 is 0 Å².